The van der Waals surface area contributed by atoms with Crippen molar-refractivity contribution < 1.29 is 5.11 Å². The molecule has 0 spiro atoms. The van der Waals surface area contributed by atoms with Crippen molar-refractivity contribution in [3.63, 3.8) is 0 Å². The zero-order valence-electron chi connectivity index (χ0n) is 15.9. The number of fused-ring (bicyclic) bond motifs is 1. The fourth-order valence-electron chi connectivity index (χ4n) is 2.39. The molecule has 2 heterocycles. The summed E-state index contributed by atoms with van der Waals surface area (Å²) in [5.41, 5.74) is 2.24. The van der Waals surface area contributed by atoms with Crippen LogP contribution in [0.3, 0.4) is 0 Å². The van der Waals surface area contributed by atoms with Crippen LogP contribution in [-0.4, -0.2) is 26.1 Å². The number of anilines is 1. The average Bonchev–Trinajstić information content (AvgIpc) is 2.64. The van der Waals surface area contributed by atoms with Gasteiger partial charge in [-0.1, -0.05) is 37.9 Å². The second kappa shape index (κ2) is 9.31. The van der Waals surface area contributed by atoms with Gasteiger partial charge in [-0.2, -0.15) is 0 Å². The SMILES string of the molecule is CC(C)(O)c1ncc(-c2ccc3ncc(Cl)c(NCCl)c3c2)cn1.CCC. The summed E-state index contributed by atoms with van der Waals surface area (Å²) in [6, 6.07) is 6.05. The number of hydrogen-bond acceptors (Lipinski definition) is 5. The Balaban J connectivity index is 0.000000817. The van der Waals surface area contributed by atoms with Crippen LogP contribution in [0.4, 0.5) is 5.69 Å². The predicted molar refractivity (Wildman–Crippen MR) is 113 cm³/mol. The molecular weight excluding hydrogens is 383 g/mol. The lowest BCUT2D eigenvalue weighted by molar-refractivity contribution is 0.0687. The molecule has 0 unspecified atom stereocenters. The van der Waals surface area contributed by atoms with Crippen molar-refractivity contribution in [2.24, 2.45) is 0 Å². The fourth-order valence-corrected chi connectivity index (χ4v) is 2.74. The maximum absolute atomic E-state index is 9.95. The normalized spacial score (nSPS) is 11.1. The van der Waals surface area contributed by atoms with E-state index in [9.17, 15) is 5.11 Å². The summed E-state index contributed by atoms with van der Waals surface area (Å²) in [4.78, 5) is 12.8. The monoisotopic (exact) mass is 406 g/mol. The third kappa shape index (κ3) is 5.28. The average molecular weight is 407 g/mol. The molecule has 1 aromatic carbocycles. The molecular formula is C20H24Cl2N4O. The molecule has 0 aliphatic rings. The molecule has 7 heteroatoms. The van der Waals surface area contributed by atoms with Gasteiger partial charge in [0.1, 0.15) is 5.60 Å². The number of nitrogens with one attached hydrogen (secondary N) is 1. The minimum Gasteiger partial charge on any atom is -0.382 e. The van der Waals surface area contributed by atoms with Crippen molar-refractivity contribution >= 4 is 39.8 Å². The van der Waals surface area contributed by atoms with Gasteiger partial charge in [-0.3, -0.25) is 4.98 Å². The number of halogens is 2. The number of hydrogen-bond donors (Lipinski definition) is 2. The molecule has 0 aliphatic heterocycles. The van der Waals surface area contributed by atoms with Gasteiger partial charge in [-0.05, 0) is 31.5 Å². The topological polar surface area (TPSA) is 70.9 Å². The first-order chi connectivity index (χ1) is 12.8. The molecule has 0 radical (unpaired) electrons. The van der Waals surface area contributed by atoms with Crippen molar-refractivity contribution in [1.82, 2.24) is 15.0 Å². The summed E-state index contributed by atoms with van der Waals surface area (Å²) in [6.45, 7) is 7.55. The molecule has 0 saturated heterocycles. The van der Waals surface area contributed by atoms with E-state index in [4.69, 9.17) is 23.2 Å². The predicted octanol–water partition coefficient (Wildman–Crippen LogP) is 5.60. The number of benzene rings is 1. The van der Waals surface area contributed by atoms with Gasteiger partial charge in [-0.15, -0.1) is 11.6 Å². The lowest BCUT2D eigenvalue weighted by Crippen LogP contribution is -2.19. The minimum atomic E-state index is -1.07. The van der Waals surface area contributed by atoms with Crippen molar-refractivity contribution in [2.45, 2.75) is 39.7 Å². The molecule has 0 saturated carbocycles. The summed E-state index contributed by atoms with van der Waals surface area (Å²) in [5, 5.41) is 14.4. The van der Waals surface area contributed by atoms with Crippen LogP contribution in [0.25, 0.3) is 22.0 Å². The first kappa shape index (κ1) is 21.4. The van der Waals surface area contributed by atoms with Crippen LogP contribution in [0, 0.1) is 0 Å². The standard InChI is InChI=1S/C17H16Cl2N4O.C3H8/c1-17(2,24)16-21-6-11(7-22-16)10-3-4-14-12(5-10)15(23-9-18)13(19)8-20-14;1-3-2/h3-8,24H,9H2,1-2H3,(H,20,23);3H2,1-2H3. The first-order valence-corrected chi connectivity index (χ1v) is 9.66. The molecule has 3 aromatic rings. The Labute approximate surface area is 169 Å². The van der Waals surface area contributed by atoms with E-state index >= 15 is 0 Å². The molecule has 0 fully saturated rings. The molecule has 2 N–H and O–H groups in total. The molecule has 5 nitrogen and oxygen atoms in total. The summed E-state index contributed by atoms with van der Waals surface area (Å²) < 4.78 is 0. The van der Waals surface area contributed by atoms with Gasteiger partial charge in [0.05, 0.1) is 22.2 Å². The Kier molecular flexibility index (Phi) is 7.36. The van der Waals surface area contributed by atoms with Crippen LogP contribution in [-0.2, 0) is 5.60 Å². The van der Waals surface area contributed by atoms with Gasteiger partial charge in [0, 0.05) is 29.5 Å². The van der Waals surface area contributed by atoms with E-state index in [0.717, 1.165) is 27.7 Å². The maximum atomic E-state index is 9.95. The minimum absolute atomic E-state index is 0.243. The zero-order valence-corrected chi connectivity index (χ0v) is 17.4. The highest BCUT2D eigenvalue weighted by Gasteiger charge is 2.19. The second-order valence-electron chi connectivity index (χ2n) is 6.58. The van der Waals surface area contributed by atoms with Gasteiger partial charge < -0.3 is 10.4 Å². The lowest BCUT2D eigenvalue weighted by Gasteiger charge is -2.15. The molecule has 0 atom stereocenters. The van der Waals surface area contributed by atoms with Crippen LogP contribution in [0.2, 0.25) is 5.02 Å². The van der Waals surface area contributed by atoms with Gasteiger partial charge in [0.15, 0.2) is 5.82 Å². The van der Waals surface area contributed by atoms with Crippen molar-refractivity contribution in [1.29, 1.82) is 0 Å². The van der Waals surface area contributed by atoms with Gasteiger partial charge >= 0.3 is 0 Å². The molecule has 144 valence electrons. The first-order valence-electron chi connectivity index (χ1n) is 8.75. The van der Waals surface area contributed by atoms with Crippen LogP contribution < -0.4 is 5.32 Å². The second-order valence-corrected chi connectivity index (χ2v) is 7.26. The number of nitrogens with zero attached hydrogens (tertiary/aromatic N) is 3. The molecule has 3 rings (SSSR count). The Bertz CT molecular complexity index is 893. The third-order valence-electron chi connectivity index (χ3n) is 3.60. The van der Waals surface area contributed by atoms with Gasteiger partial charge in [0.25, 0.3) is 0 Å². The summed E-state index contributed by atoms with van der Waals surface area (Å²) >= 11 is 12.0. The molecule has 0 aliphatic carbocycles. The van der Waals surface area contributed by atoms with Crippen LogP contribution in [0.1, 0.15) is 39.9 Å². The fraction of sp³-hybridized carbons (Fsp3) is 0.350. The number of aliphatic hydroxyl groups is 1. The highest BCUT2D eigenvalue weighted by Crippen LogP contribution is 2.32. The Morgan fingerprint density at radius 3 is 2.22 bits per heavy atom. The number of rotatable bonds is 4. The number of alkyl halides is 1. The van der Waals surface area contributed by atoms with E-state index in [2.05, 4.69) is 34.1 Å². The van der Waals surface area contributed by atoms with Crippen LogP contribution in [0.5, 0.6) is 0 Å². The highest BCUT2D eigenvalue weighted by atomic mass is 35.5. The smallest absolute Gasteiger partial charge is 0.159 e. The molecule has 27 heavy (non-hydrogen) atoms. The number of aromatic nitrogens is 3. The highest BCUT2D eigenvalue weighted by molar-refractivity contribution is 6.35. The molecule has 0 bridgehead atoms. The van der Waals surface area contributed by atoms with Crippen molar-refractivity contribution in [2.75, 3.05) is 11.3 Å². The Hall–Kier alpha value is -1.95. The number of pyridine rings is 1. The van der Waals surface area contributed by atoms with E-state index in [1.807, 2.05) is 18.2 Å². The summed E-state index contributed by atoms with van der Waals surface area (Å²) in [5.74, 6) is 0.376. The summed E-state index contributed by atoms with van der Waals surface area (Å²) in [6.07, 6.45) is 6.22. The third-order valence-corrected chi connectivity index (χ3v) is 4.02. The molecule has 0 amide bonds. The molecule has 2 aromatic heterocycles. The zero-order chi connectivity index (χ0) is 20.0. The Morgan fingerprint density at radius 1 is 1.04 bits per heavy atom. The van der Waals surface area contributed by atoms with Gasteiger partial charge in [-0.25, -0.2) is 9.97 Å². The van der Waals surface area contributed by atoms with E-state index in [1.54, 1.807) is 32.4 Å². The van der Waals surface area contributed by atoms with Crippen LogP contribution in [0.15, 0.2) is 36.8 Å². The van der Waals surface area contributed by atoms with Crippen molar-refractivity contribution in [3.8, 4) is 11.1 Å². The largest absolute Gasteiger partial charge is 0.382 e. The van der Waals surface area contributed by atoms with E-state index in [-0.39, 0.29) is 6.00 Å². The lowest BCUT2D eigenvalue weighted by atomic mass is 10.0. The van der Waals surface area contributed by atoms with Crippen LogP contribution >= 0.6 is 23.2 Å². The van der Waals surface area contributed by atoms with E-state index in [1.165, 1.54) is 6.42 Å². The quantitative estimate of drug-likeness (QED) is 0.435. The van der Waals surface area contributed by atoms with E-state index < -0.39 is 5.60 Å². The van der Waals surface area contributed by atoms with E-state index in [0.29, 0.717) is 10.8 Å². The van der Waals surface area contributed by atoms with Gasteiger partial charge in [0.2, 0.25) is 0 Å². The Morgan fingerprint density at radius 2 is 1.67 bits per heavy atom. The maximum Gasteiger partial charge on any atom is 0.159 e. The summed E-state index contributed by atoms with van der Waals surface area (Å²) in [7, 11) is 0. The van der Waals surface area contributed by atoms with Crippen molar-refractivity contribution in [3.05, 3.63) is 47.6 Å².